The number of aliphatic hydroxyl groups excluding tert-OH is 1. The molecule has 0 aromatic carbocycles. The fourth-order valence-corrected chi connectivity index (χ4v) is 1.39. The molecule has 7 heteroatoms. The van der Waals surface area contributed by atoms with Crippen LogP contribution in [-0.4, -0.2) is 31.7 Å². The van der Waals surface area contributed by atoms with E-state index in [4.69, 9.17) is 0 Å². The van der Waals surface area contributed by atoms with Gasteiger partial charge in [-0.2, -0.15) is 0 Å². The molecule has 96 valence electrons. The van der Waals surface area contributed by atoms with Crippen molar-refractivity contribution < 1.29 is 10.0 Å². The lowest BCUT2D eigenvalue weighted by Crippen LogP contribution is -2.38. The van der Waals surface area contributed by atoms with Gasteiger partial charge in [0.1, 0.15) is 0 Å². The summed E-state index contributed by atoms with van der Waals surface area (Å²) in [7, 11) is 1.70. The van der Waals surface area contributed by atoms with Gasteiger partial charge in [0.05, 0.1) is 12.1 Å². The first kappa shape index (κ1) is 13.4. The molecule has 0 radical (unpaired) electrons. The average molecular weight is 242 g/mol. The molecule has 0 aliphatic heterocycles. The minimum atomic E-state index is -0.592. The van der Waals surface area contributed by atoms with Crippen LogP contribution < -0.4 is 5.32 Å². The Bertz CT molecular complexity index is 423. The lowest BCUT2D eigenvalue weighted by molar-refractivity contribution is -0.388. The van der Waals surface area contributed by atoms with Crippen molar-refractivity contribution in [3.63, 3.8) is 0 Å². The number of imidazole rings is 1. The van der Waals surface area contributed by atoms with Gasteiger partial charge in [0.15, 0.2) is 0 Å². The maximum Gasteiger partial charge on any atom is 0.406 e. The van der Waals surface area contributed by atoms with Gasteiger partial charge < -0.3 is 20.5 Å². The first-order valence-electron chi connectivity index (χ1n) is 5.41. The molecule has 17 heavy (non-hydrogen) atoms. The summed E-state index contributed by atoms with van der Waals surface area (Å²) in [6.07, 6.45) is 0.644. The Balaban J connectivity index is 3.17. The van der Waals surface area contributed by atoms with Gasteiger partial charge >= 0.3 is 5.82 Å². The number of aliphatic hydroxyl groups is 1. The number of rotatable bonds is 5. The van der Waals surface area contributed by atoms with E-state index in [0.29, 0.717) is 18.1 Å². The molecule has 0 saturated heterocycles. The molecule has 0 fully saturated rings. The van der Waals surface area contributed by atoms with Crippen molar-refractivity contribution in [2.75, 3.05) is 11.9 Å². The Morgan fingerprint density at radius 2 is 2.24 bits per heavy atom. The molecule has 1 aromatic heterocycles. The first-order chi connectivity index (χ1) is 7.84. The van der Waals surface area contributed by atoms with Crippen molar-refractivity contribution in [3.8, 4) is 0 Å². The SMILES string of the molecule is CCC(C)(CO)Nc1c([N+](=O)[O-])nc(C)n1C. The maximum atomic E-state index is 10.9. The van der Waals surface area contributed by atoms with Gasteiger partial charge in [0.2, 0.25) is 11.6 Å². The van der Waals surface area contributed by atoms with Crippen molar-refractivity contribution in [1.29, 1.82) is 0 Å². The number of anilines is 1. The van der Waals surface area contributed by atoms with Crippen LogP contribution in [0, 0.1) is 17.0 Å². The van der Waals surface area contributed by atoms with Crippen LogP contribution in [0.1, 0.15) is 26.1 Å². The second-order valence-electron chi connectivity index (χ2n) is 4.34. The highest BCUT2D eigenvalue weighted by Crippen LogP contribution is 2.27. The predicted molar refractivity (Wildman–Crippen MR) is 64.0 cm³/mol. The third-order valence-electron chi connectivity index (χ3n) is 3.02. The monoisotopic (exact) mass is 242 g/mol. The van der Waals surface area contributed by atoms with Crippen molar-refractivity contribution in [3.05, 3.63) is 15.9 Å². The Hall–Kier alpha value is -1.63. The van der Waals surface area contributed by atoms with E-state index in [1.54, 1.807) is 25.5 Å². The fraction of sp³-hybridized carbons (Fsp3) is 0.700. The van der Waals surface area contributed by atoms with Crippen molar-refractivity contribution in [1.82, 2.24) is 9.55 Å². The second kappa shape index (κ2) is 4.70. The molecule has 0 aliphatic carbocycles. The Morgan fingerprint density at radius 1 is 1.65 bits per heavy atom. The molecule has 1 rings (SSSR count). The summed E-state index contributed by atoms with van der Waals surface area (Å²) in [6.45, 7) is 5.29. The fourth-order valence-electron chi connectivity index (χ4n) is 1.39. The van der Waals surface area contributed by atoms with Crippen LogP contribution >= 0.6 is 0 Å². The van der Waals surface area contributed by atoms with Crippen LogP contribution in [-0.2, 0) is 7.05 Å². The Labute approximate surface area is 99.6 Å². The standard InChI is InChI=1S/C10H18N4O3/c1-5-10(3,6-15)12-9-8(14(16)17)11-7(2)13(9)4/h12,15H,5-6H2,1-4H3. The third kappa shape index (κ3) is 2.55. The lowest BCUT2D eigenvalue weighted by Gasteiger charge is -2.27. The quantitative estimate of drug-likeness (QED) is 0.598. The molecule has 1 unspecified atom stereocenters. The maximum absolute atomic E-state index is 10.9. The summed E-state index contributed by atoms with van der Waals surface area (Å²) in [5.41, 5.74) is -0.592. The highest BCUT2D eigenvalue weighted by atomic mass is 16.6. The van der Waals surface area contributed by atoms with E-state index in [-0.39, 0.29) is 12.4 Å². The average Bonchev–Trinajstić information content (AvgIpc) is 2.57. The van der Waals surface area contributed by atoms with Crippen LogP contribution in [0.2, 0.25) is 0 Å². The van der Waals surface area contributed by atoms with Gasteiger partial charge in [-0.25, -0.2) is 0 Å². The molecule has 2 N–H and O–H groups in total. The zero-order valence-electron chi connectivity index (χ0n) is 10.5. The minimum absolute atomic E-state index is 0.106. The summed E-state index contributed by atoms with van der Waals surface area (Å²) in [5.74, 6) is 0.666. The van der Waals surface area contributed by atoms with E-state index in [1.807, 2.05) is 6.92 Å². The molecule has 1 heterocycles. The summed E-state index contributed by atoms with van der Waals surface area (Å²) in [6, 6.07) is 0. The molecule has 7 nitrogen and oxygen atoms in total. The van der Waals surface area contributed by atoms with E-state index >= 15 is 0 Å². The molecule has 0 saturated carbocycles. The first-order valence-corrected chi connectivity index (χ1v) is 5.41. The number of nitro groups is 1. The van der Waals surface area contributed by atoms with Crippen LogP contribution in [0.5, 0.6) is 0 Å². The van der Waals surface area contributed by atoms with E-state index in [0.717, 1.165) is 0 Å². The summed E-state index contributed by atoms with van der Waals surface area (Å²) < 4.78 is 1.61. The number of hydrogen-bond donors (Lipinski definition) is 2. The van der Waals surface area contributed by atoms with Crippen LogP contribution in [0.4, 0.5) is 11.6 Å². The highest BCUT2D eigenvalue weighted by molar-refractivity contribution is 5.55. The molecule has 1 aromatic rings. The number of nitrogens with one attached hydrogen (secondary N) is 1. The topological polar surface area (TPSA) is 93.2 Å². The number of aromatic nitrogens is 2. The van der Waals surface area contributed by atoms with Gasteiger partial charge in [-0.05, 0) is 23.3 Å². The molecule has 0 aliphatic rings. The van der Waals surface area contributed by atoms with E-state index < -0.39 is 10.5 Å². The van der Waals surface area contributed by atoms with Gasteiger partial charge in [0.25, 0.3) is 0 Å². The normalized spacial score (nSPS) is 14.4. The zero-order valence-corrected chi connectivity index (χ0v) is 10.5. The molecule has 0 spiro atoms. The summed E-state index contributed by atoms with van der Waals surface area (Å²) in [5, 5.41) is 23.2. The third-order valence-corrected chi connectivity index (χ3v) is 3.02. The summed E-state index contributed by atoms with van der Waals surface area (Å²) in [4.78, 5) is 14.2. The molecule has 1 atom stereocenters. The number of hydrogen-bond acceptors (Lipinski definition) is 5. The lowest BCUT2D eigenvalue weighted by atomic mass is 10.0. The van der Waals surface area contributed by atoms with Crippen molar-refractivity contribution in [2.24, 2.45) is 7.05 Å². The van der Waals surface area contributed by atoms with E-state index in [2.05, 4.69) is 10.3 Å². The zero-order chi connectivity index (χ0) is 13.2. The smallest absolute Gasteiger partial charge is 0.394 e. The van der Waals surface area contributed by atoms with E-state index in [1.165, 1.54) is 0 Å². The van der Waals surface area contributed by atoms with Gasteiger partial charge in [-0.15, -0.1) is 0 Å². The van der Waals surface area contributed by atoms with Crippen LogP contribution in [0.25, 0.3) is 0 Å². The van der Waals surface area contributed by atoms with Gasteiger partial charge in [-0.1, -0.05) is 6.92 Å². The number of nitrogens with zero attached hydrogens (tertiary/aromatic N) is 3. The molecule has 0 bridgehead atoms. The Morgan fingerprint density at radius 3 is 2.65 bits per heavy atom. The van der Waals surface area contributed by atoms with Crippen molar-refractivity contribution in [2.45, 2.75) is 32.7 Å². The molecular formula is C10H18N4O3. The van der Waals surface area contributed by atoms with Crippen LogP contribution in [0.3, 0.4) is 0 Å². The highest BCUT2D eigenvalue weighted by Gasteiger charge is 2.30. The van der Waals surface area contributed by atoms with E-state index in [9.17, 15) is 15.2 Å². The molecule has 0 amide bonds. The van der Waals surface area contributed by atoms with Gasteiger partial charge in [-0.3, -0.25) is 4.57 Å². The Kier molecular flexibility index (Phi) is 3.72. The second-order valence-corrected chi connectivity index (χ2v) is 4.34. The summed E-state index contributed by atoms with van der Waals surface area (Å²) >= 11 is 0. The predicted octanol–water partition coefficient (Wildman–Crippen LogP) is 1.21. The minimum Gasteiger partial charge on any atom is -0.394 e. The largest absolute Gasteiger partial charge is 0.406 e. The molecular weight excluding hydrogens is 224 g/mol. The van der Waals surface area contributed by atoms with Gasteiger partial charge in [0, 0.05) is 14.0 Å². The number of aryl methyl sites for hydroxylation is 1. The van der Waals surface area contributed by atoms with Crippen molar-refractivity contribution >= 4 is 11.6 Å². The van der Waals surface area contributed by atoms with Crippen LogP contribution in [0.15, 0.2) is 0 Å².